The Morgan fingerprint density at radius 3 is 2.34 bits per heavy atom. The Hall–Kier alpha value is -3.48. The highest BCUT2D eigenvalue weighted by molar-refractivity contribution is 6.21. The van der Waals surface area contributed by atoms with Gasteiger partial charge < -0.3 is 10.2 Å². The van der Waals surface area contributed by atoms with Crippen LogP contribution in [-0.2, 0) is 4.79 Å². The van der Waals surface area contributed by atoms with Gasteiger partial charge in [-0.15, -0.1) is 0 Å². The van der Waals surface area contributed by atoms with Crippen LogP contribution in [0, 0.1) is 25.7 Å². The van der Waals surface area contributed by atoms with Crippen LogP contribution in [0.5, 0.6) is 0 Å². The fourth-order valence-corrected chi connectivity index (χ4v) is 5.12. The van der Waals surface area contributed by atoms with E-state index >= 15 is 0 Å². The summed E-state index contributed by atoms with van der Waals surface area (Å²) in [5, 5.41) is 2.90. The molecule has 4 rings (SSSR count). The fourth-order valence-electron chi connectivity index (χ4n) is 5.12. The Morgan fingerprint density at radius 2 is 1.63 bits per heavy atom. The van der Waals surface area contributed by atoms with Crippen molar-refractivity contribution in [1.29, 1.82) is 0 Å². The number of benzene rings is 2. The van der Waals surface area contributed by atoms with Crippen molar-refractivity contribution >= 4 is 29.3 Å². The SMILES string of the molecule is Cc1ccc2c(c1)C(=O)N(CCCC(=O)Nc1cc(C(=O)N3CC(C)CC(C)C3)ccc1C)C2=O. The first-order valence-electron chi connectivity index (χ1n) is 12.3. The molecule has 0 spiro atoms. The number of rotatable bonds is 6. The van der Waals surface area contributed by atoms with Gasteiger partial charge in [0.2, 0.25) is 5.91 Å². The zero-order valence-corrected chi connectivity index (χ0v) is 20.9. The van der Waals surface area contributed by atoms with E-state index in [1.54, 1.807) is 24.3 Å². The zero-order chi connectivity index (χ0) is 25.3. The van der Waals surface area contributed by atoms with Gasteiger partial charge in [0.15, 0.2) is 0 Å². The smallest absolute Gasteiger partial charge is 0.261 e. The van der Waals surface area contributed by atoms with Crippen molar-refractivity contribution in [2.45, 2.75) is 47.0 Å². The Bertz CT molecular complexity index is 1180. The van der Waals surface area contributed by atoms with Gasteiger partial charge in [-0.3, -0.25) is 24.1 Å². The number of imide groups is 1. The molecule has 2 aliphatic heterocycles. The van der Waals surface area contributed by atoms with Gasteiger partial charge in [0, 0.05) is 37.3 Å². The van der Waals surface area contributed by atoms with Crippen molar-refractivity contribution in [3.63, 3.8) is 0 Å². The molecule has 7 heteroatoms. The topological polar surface area (TPSA) is 86.8 Å². The maximum absolute atomic E-state index is 13.1. The molecular formula is C28H33N3O4. The third kappa shape index (κ3) is 5.29. The lowest BCUT2D eigenvalue weighted by Gasteiger charge is -2.35. The summed E-state index contributed by atoms with van der Waals surface area (Å²) in [5.41, 5.74) is 3.80. The largest absolute Gasteiger partial charge is 0.338 e. The molecule has 0 bridgehead atoms. The van der Waals surface area contributed by atoms with Crippen molar-refractivity contribution in [2.24, 2.45) is 11.8 Å². The summed E-state index contributed by atoms with van der Waals surface area (Å²) >= 11 is 0. The summed E-state index contributed by atoms with van der Waals surface area (Å²) in [7, 11) is 0. The van der Waals surface area contributed by atoms with Crippen molar-refractivity contribution < 1.29 is 19.2 Å². The summed E-state index contributed by atoms with van der Waals surface area (Å²) in [6, 6.07) is 10.6. The Labute approximate surface area is 206 Å². The van der Waals surface area contributed by atoms with Crippen LogP contribution < -0.4 is 5.32 Å². The van der Waals surface area contributed by atoms with Gasteiger partial charge in [-0.1, -0.05) is 31.5 Å². The third-order valence-electron chi connectivity index (χ3n) is 6.83. The number of nitrogens with zero attached hydrogens (tertiary/aromatic N) is 2. The lowest BCUT2D eigenvalue weighted by molar-refractivity contribution is -0.116. The lowest BCUT2D eigenvalue weighted by Crippen LogP contribution is -2.42. The van der Waals surface area contributed by atoms with Crippen molar-refractivity contribution in [3.8, 4) is 0 Å². The summed E-state index contributed by atoms with van der Waals surface area (Å²) in [5.74, 6) is 0.0912. The highest BCUT2D eigenvalue weighted by atomic mass is 16.2. The van der Waals surface area contributed by atoms with Crippen LogP contribution in [0.25, 0.3) is 0 Å². The Kier molecular flexibility index (Phi) is 7.05. The Balaban J connectivity index is 1.34. The minimum atomic E-state index is -0.311. The number of piperidine rings is 1. The quantitative estimate of drug-likeness (QED) is 0.626. The molecule has 2 aliphatic rings. The van der Waals surface area contributed by atoms with E-state index in [1.807, 2.05) is 30.9 Å². The van der Waals surface area contributed by atoms with Crippen LogP contribution in [0.1, 0.15) is 75.3 Å². The van der Waals surface area contributed by atoms with Gasteiger partial charge in [0.25, 0.3) is 17.7 Å². The van der Waals surface area contributed by atoms with Gasteiger partial charge in [-0.25, -0.2) is 0 Å². The van der Waals surface area contributed by atoms with Gasteiger partial charge in [-0.05, 0) is 68.4 Å². The van der Waals surface area contributed by atoms with E-state index in [9.17, 15) is 19.2 Å². The minimum absolute atomic E-state index is 0.0141. The molecule has 7 nitrogen and oxygen atoms in total. The van der Waals surface area contributed by atoms with E-state index in [4.69, 9.17) is 0 Å². The van der Waals surface area contributed by atoms with Gasteiger partial charge in [-0.2, -0.15) is 0 Å². The van der Waals surface area contributed by atoms with Crippen LogP contribution in [0.15, 0.2) is 36.4 Å². The van der Waals surface area contributed by atoms with Gasteiger partial charge in [0.1, 0.15) is 0 Å². The second kappa shape index (κ2) is 10.0. The first-order chi connectivity index (χ1) is 16.6. The molecule has 0 saturated carbocycles. The number of anilines is 1. The average Bonchev–Trinajstić information content (AvgIpc) is 3.03. The van der Waals surface area contributed by atoms with E-state index in [1.165, 1.54) is 4.90 Å². The predicted octanol–water partition coefficient (Wildman–Crippen LogP) is 4.44. The molecule has 184 valence electrons. The third-order valence-corrected chi connectivity index (χ3v) is 6.83. The van der Waals surface area contributed by atoms with E-state index in [0.29, 0.717) is 40.6 Å². The second-order valence-electron chi connectivity index (χ2n) is 10.1. The highest BCUT2D eigenvalue weighted by Crippen LogP contribution is 2.26. The van der Waals surface area contributed by atoms with E-state index < -0.39 is 0 Å². The molecular weight excluding hydrogens is 442 g/mol. The molecule has 4 amide bonds. The number of amides is 4. The van der Waals surface area contributed by atoms with E-state index in [0.717, 1.165) is 30.6 Å². The normalized spacial score (nSPS) is 19.7. The first-order valence-corrected chi connectivity index (χ1v) is 12.3. The number of hydrogen-bond acceptors (Lipinski definition) is 4. The molecule has 2 unspecified atom stereocenters. The number of carbonyl (C=O) groups excluding carboxylic acids is 4. The maximum Gasteiger partial charge on any atom is 0.261 e. The number of nitrogens with one attached hydrogen (secondary N) is 1. The molecule has 2 heterocycles. The second-order valence-corrected chi connectivity index (χ2v) is 10.1. The minimum Gasteiger partial charge on any atom is -0.338 e. The zero-order valence-electron chi connectivity index (χ0n) is 20.9. The van der Waals surface area contributed by atoms with Gasteiger partial charge in [0.05, 0.1) is 11.1 Å². The van der Waals surface area contributed by atoms with Crippen LogP contribution in [-0.4, -0.2) is 53.1 Å². The fraction of sp³-hybridized carbons (Fsp3) is 0.429. The van der Waals surface area contributed by atoms with Crippen LogP contribution in [0.3, 0.4) is 0 Å². The first kappa shape index (κ1) is 24.6. The van der Waals surface area contributed by atoms with E-state index in [-0.39, 0.29) is 36.6 Å². The number of hydrogen-bond donors (Lipinski definition) is 1. The number of carbonyl (C=O) groups is 4. The van der Waals surface area contributed by atoms with Crippen LogP contribution >= 0.6 is 0 Å². The van der Waals surface area contributed by atoms with Crippen LogP contribution in [0.2, 0.25) is 0 Å². The van der Waals surface area contributed by atoms with Crippen LogP contribution in [0.4, 0.5) is 5.69 Å². The molecule has 1 N–H and O–H groups in total. The summed E-state index contributed by atoms with van der Waals surface area (Å²) in [6.07, 6.45) is 1.64. The molecule has 1 saturated heterocycles. The summed E-state index contributed by atoms with van der Waals surface area (Å²) in [6.45, 7) is 9.77. The maximum atomic E-state index is 13.1. The Morgan fingerprint density at radius 1 is 0.943 bits per heavy atom. The number of likely N-dealkylation sites (tertiary alicyclic amines) is 1. The molecule has 0 aliphatic carbocycles. The lowest BCUT2D eigenvalue weighted by atomic mass is 9.91. The molecule has 2 aromatic rings. The van der Waals surface area contributed by atoms with Crippen molar-refractivity contribution in [2.75, 3.05) is 25.0 Å². The number of aryl methyl sites for hydroxylation is 2. The molecule has 0 aromatic heterocycles. The van der Waals surface area contributed by atoms with Gasteiger partial charge >= 0.3 is 0 Å². The molecule has 0 radical (unpaired) electrons. The molecule has 2 atom stereocenters. The summed E-state index contributed by atoms with van der Waals surface area (Å²) < 4.78 is 0. The number of fused-ring (bicyclic) bond motifs is 1. The molecule has 2 aromatic carbocycles. The molecule has 1 fully saturated rings. The van der Waals surface area contributed by atoms with Crippen molar-refractivity contribution in [1.82, 2.24) is 9.80 Å². The monoisotopic (exact) mass is 475 g/mol. The van der Waals surface area contributed by atoms with E-state index in [2.05, 4.69) is 19.2 Å². The highest BCUT2D eigenvalue weighted by Gasteiger charge is 2.35. The molecule has 35 heavy (non-hydrogen) atoms. The average molecular weight is 476 g/mol. The summed E-state index contributed by atoms with van der Waals surface area (Å²) in [4.78, 5) is 54.0. The standard InChI is InChI=1S/C28H33N3O4/c1-17-7-10-22-23(13-17)28(35)31(27(22)34)11-5-6-25(32)29-24-14-21(9-8-20(24)4)26(33)30-15-18(2)12-19(3)16-30/h7-10,13-14,18-19H,5-6,11-12,15-16H2,1-4H3,(H,29,32). The van der Waals surface area contributed by atoms with Crippen molar-refractivity contribution in [3.05, 3.63) is 64.2 Å². The predicted molar refractivity (Wildman–Crippen MR) is 134 cm³/mol.